The summed E-state index contributed by atoms with van der Waals surface area (Å²) in [4.78, 5) is 43.2. The number of amidine groups is 1. The van der Waals surface area contributed by atoms with Crippen LogP contribution in [0.5, 0.6) is 5.75 Å². The van der Waals surface area contributed by atoms with E-state index in [0.717, 1.165) is 29.1 Å². The Morgan fingerprint density at radius 2 is 1.88 bits per heavy atom. The zero-order valence-electron chi connectivity index (χ0n) is 22.0. The molecule has 1 saturated heterocycles. The molecule has 0 aliphatic carbocycles. The molecule has 216 valence electrons. The third-order valence-corrected chi connectivity index (χ3v) is 6.59. The third-order valence-electron chi connectivity index (χ3n) is 6.59. The Hall–Kier alpha value is -4.65. The van der Waals surface area contributed by atoms with Crippen molar-refractivity contribution in [3.8, 4) is 5.75 Å². The molecule has 3 aromatic rings. The van der Waals surface area contributed by atoms with Crippen LogP contribution in [0.25, 0.3) is 0 Å². The van der Waals surface area contributed by atoms with E-state index in [1.165, 1.54) is 22.8 Å². The lowest BCUT2D eigenvalue weighted by Crippen LogP contribution is -2.42. The first-order valence-corrected chi connectivity index (χ1v) is 12.7. The predicted molar refractivity (Wildman–Crippen MR) is 145 cm³/mol. The van der Waals surface area contributed by atoms with Crippen LogP contribution in [0.15, 0.2) is 76.6 Å². The van der Waals surface area contributed by atoms with Crippen molar-refractivity contribution < 1.29 is 32.6 Å². The number of ether oxygens (including phenoxy) is 1. The molecule has 1 aromatic heterocycles. The zero-order valence-corrected chi connectivity index (χ0v) is 22.0. The third kappa shape index (κ3) is 7.51. The number of hydrazine groups is 1. The van der Waals surface area contributed by atoms with Crippen LogP contribution in [-0.2, 0) is 16.1 Å². The second-order valence-corrected chi connectivity index (χ2v) is 9.33. The Morgan fingerprint density at radius 3 is 2.54 bits per heavy atom. The fourth-order valence-electron chi connectivity index (χ4n) is 4.57. The van der Waals surface area contributed by atoms with Crippen LogP contribution in [0.2, 0.25) is 0 Å². The fourth-order valence-corrected chi connectivity index (χ4v) is 4.57. The SMILES string of the molecule is Cc1ccccc1C(=Nc1cccn(CCN2CCCC2C(=O)O)c1=O)NN(C=O)c1ccc(OC(F)(F)F)cc1. The Labute approximate surface area is 233 Å². The highest BCUT2D eigenvalue weighted by atomic mass is 19.4. The van der Waals surface area contributed by atoms with Crippen LogP contribution in [-0.4, -0.2) is 58.3 Å². The van der Waals surface area contributed by atoms with Crippen LogP contribution in [0, 0.1) is 6.92 Å². The summed E-state index contributed by atoms with van der Waals surface area (Å²) in [7, 11) is 0. The van der Waals surface area contributed by atoms with E-state index in [9.17, 15) is 32.7 Å². The number of aromatic nitrogens is 1. The van der Waals surface area contributed by atoms with E-state index < -0.39 is 29.7 Å². The molecule has 2 aromatic carbocycles. The van der Waals surface area contributed by atoms with Crippen LogP contribution in [0.3, 0.4) is 0 Å². The number of carbonyl (C=O) groups excluding carboxylic acids is 1. The number of aryl methyl sites for hydroxylation is 1. The number of rotatable bonds is 10. The van der Waals surface area contributed by atoms with Gasteiger partial charge in [0.25, 0.3) is 5.56 Å². The topological polar surface area (TPSA) is 116 Å². The van der Waals surface area contributed by atoms with Gasteiger partial charge >= 0.3 is 12.3 Å². The summed E-state index contributed by atoms with van der Waals surface area (Å²) in [5.74, 6) is -1.19. The fraction of sp³-hybridized carbons (Fsp3) is 0.286. The van der Waals surface area contributed by atoms with Crippen molar-refractivity contribution in [3.63, 3.8) is 0 Å². The van der Waals surface area contributed by atoms with Crippen LogP contribution < -0.4 is 20.7 Å². The number of carboxylic acids is 1. The molecule has 2 heterocycles. The number of nitrogens with one attached hydrogen (secondary N) is 1. The largest absolute Gasteiger partial charge is 0.573 e. The molecule has 10 nitrogen and oxygen atoms in total. The first-order chi connectivity index (χ1) is 19.6. The Kier molecular flexibility index (Phi) is 9.07. The summed E-state index contributed by atoms with van der Waals surface area (Å²) in [5, 5.41) is 10.4. The van der Waals surface area contributed by atoms with Crippen LogP contribution >= 0.6 is 0 Å². The van der Waals surface area contributed by atoms with Gasteiger partial charge in [0, 0.05) is 24.8 Å². The normalized spacial score (nSPS) is 15.9. The van der Waals surface area contributed by atoms with Crippen molar-refractivity contribution in [3.05, 3.63) is 88.3 Å². The average Bonchev–Trinajstić information content (AvgIpc) is 3.40. The van der Waals surface area contributed by atoms with Gasteiger partial charge in [-0.25, -0.2) is 10.0 Å². The van der Waals surface area contributed by atoms with Gasteiger partial charge < -0.3 is 14.4 Å². The molecule has 41 heavy (non-hydrogen) atoms. The maximum atomic E-state index is 13.3. The van der Waals surface area contributed by atoms with Gasteiger partial charge in [0.1, 0.15) is 17.5 Å². The van der Waals surface area contributed by atoms with E-state index in [1.54, 1.807) is 24.4 Å². The van der Waals surface area contributed by atoms with Crippen molar-refractivity contribution in [1.82, 2.24) is 14.9 Å². The molecule has 2 N–H and O–H groups in total. The molecule has 1 aliphatic heterocycles. The predicted octanol–water partition coefficient (Wildman–Crippen LogP) is 3.85. The highest BCUT2D eigenvalue weighted by Crippen LogP contribution is 2.25. The maximum absolute atomic E-state index is 13.3. The van der Waals surface area contributed by atoms with Crippen LogP contribution in [0.1, 0.15) is 24.0 Å². The number of pyridine rings is 1. The first kappa shape index (κ1) is 29.3. The molecular formula is C28H28F3N5O5. The molecule has 4 rings (SSSR count). The Balaban J connectivity index is 1.63. The van der Waals surface area contributed by atoms with Crippen molar-refractivity contribution >= 4 is 29.6 Å². The average molecular weight is 572 g/mol. The number of alkyl halides is 3. The number of carboxylic acid groups (broad SMARTS) is 1. The number of hydrogen-bond acceptors (Lipinski definition) is 6. The van der Waals surface area contributed by atoms with Gasteiger partial charge in [0.15, 0.2) is 5.84 Å². The lowest BCUT2D eigenvalue weighted by molar-refractivity contribution is -0.274. The second-order valence-electron chi connectivity index (χ2n) is 9.33. The molecule has 13 heteroatoms. The van der Waals surface area contributed by atoms with Gasteiger partial charge in [-0.3, -0.25) is 24.7 Å². The molecule has 0 bridgehead atoms. The van der Waals surface area contributed by atoms with Crippen molar-refractivity contribution in [1.29, 1.82) is 0 Å². The summed E-state index contributed by atoms with van der Waals surface area (Å²) < 4.78 is 43.0. The van der Waals surface area contributed by atoms with Gasteiger partial charge in [0.05, 0.1) is 5.69 Å². The minimum absolute atomic E-state index is 0.0641. The van der Waals surface area contributed by atoms with Crippen LogP contribution in [0.4, 0.5) is 24.5 Å². The van der Waals surface area contributed by atoms with E-state index >= 15 is 0 Å². The highest BCUT2D eigenvalue weighted by Gasteiger charge is 2.31. The smallest absolute Gasteiger partial charge is 0.480 e. The maximum Gasteiger partial charge on any atom is 0.573 e. The number of halogens is 3. The standard InChI is InChI=1S/C28H28F3N5O5/c1-19-6-2-3-7-22(19)25(33-36(18-37)20-10-12-21(13-11-20)41-28(29,30)31)32-23-8-4-15-35(26(23)38)17-16-34-14-5-9-24(34)27(39)40/h2-4,6-8,10-13,15,18,24H,5,9,14,16-17H2,1H3,(H,32,33)(H,39,40). The summed E-state index contributed by atoms with van der Waals surface area (Å²) in [6.45, 7) is 3.08. The number of aliphatic carboxylic acids is 1. The first-order valence-electron chi connectivity index (χ1n) is 12.7. The van der Waals surface area contributed by atoms with E-state index in [0.29, 0.717) is 31.5 Å². The molecule has 1 atom stereocenters. The van der Waals surface area contributed by atoms with Gasteiger partial charge in [-0.1, -0.05) is 24.3 Å². The minimum atomic E-state index is -4.86. The molecule has 1 unspecified atom stereocenters. The number of nitrogens with zero attached hydrogens (tertiary/aromatic N) is 4. The summed E-state index contributed by atoms with van der Waals surface area (Å²) in [5.41, 5.74) is 4.06. The lowest BCUT2D eigenvalue weighted by Gasteiger charge is -2.22. The number of amides is 1. The number of anilines is 1. The summed E-state index contributed by atoms with van der Waals surface area (Å²) >= 11 is 0. The van der Waals surface area contributed by atoms with Crippen molar-refractivity contribution in [2.45, 2.75) is 38.7 Å². The van der Waals surface area contributed by atoms with Gasteiger partial charge in [-0.15, -0.1) is 13.2 Å². The number of benzene rings is 2. The number of aliphatic imine (C=N–C) groups is 1. The monoisotopic (exact) mass is 571 g/mol. The Morgan fingerprint density at radius 1 is 1.15 bits per heavy atom. The minimum Gasteiger partial charge on any atom is -0.480 e. The molecule has 0 saturated carbocycles. The highest BCUT2D eigenvalue weighted by molar-refractivity contribution is 6.03. The van der Waals surface area contributed by atoms with Crippen molar-refractivity contribution in [2.75, 3.05) is 18.1 Å². The molecule has 1 aliphatic rings. The van der Waals surface area contributed by atoms with Crippen molar-refractivity contribution in [2.24, 2.45) is 4.99 Å². The quantitative estimate of drug-likeness (QED) is 0.164. The van der Waals surface area contributed by atoms with Gasteiger partial charge in [0.2, 0.25) is 6.41 Å². The molecule has 0 spiro atoms. The Bertz CT molecular complexity index is 1470. The van der Waals surface area contributed by atoms with E-state index in [1.807, 2.05) is 24.0 Å². The molecule has 1 amide bonds. The molecular weight excluding hydrogens is 543 g/mol. The summed E-state index contributed by atoms with van der Waals surface area (Å²) in [6, 6.07) is 14.4. The number of likely N-dealkylation sites (tertiary alicyclic amines) is 1. The summed E-state index contributed by atoms with van der Waals surface area (Å²) in [6.07, 6.45) is -1.51. The molecule has 0 radical (unpaired) electrons. The second kappa shape index (κ2) is 12.7. The van der Waals surface area contributed by atoms with Gasteiger partial charge in [-0.05, 0) is 68.3 Å². The number of carbonyl (C=O) groups is 2. The van der Waals surface area contributed by atoms with E-state index in [-0.39, 0.29) is 23.8 Å². The van der Waals surface area contributed by atoms with E-state index in [2.05, 4.69) is 15.2 Å². The molecule has 1 fully saturated rings. The number of hydrogen-bond donors (Lipinski definition) is 2. The van der Waals surface area contributed by atoms with E-state index in [4.69, 9.17) is 0 Å². The van der Waals surface area contributed by atoms with Gasteiger partial charge in [-0.2, -0.15) is 0 Å². The zero-order chi connectivity index (χ0) is 29.6. The lowest BCUT2D eigenvalue weighted by atomic mass is 10.1.